The van der Waals surface area contributed by atoms with E-state index in [1.54, 1.807) is 11.0 Å². The van der Waals surface area contributed by atoms with E-state index in [9.17, 15) is 9.59 Å². The first-order valence-electron chi connectivity index (χ1n) is 13.6. The van der Waals surface area contributed by atoms with Crippen molar-refractivity contribution in [2.45, 2.75) is 49.7 Å². The van der Waals surface area contributed by atoms with Crippen LogP contribution in [0.15, 0.2) is 48.5 Å². The van der Waals surface area contributed by atoms with Gasteiger partial charge in [-0.05, 0) is 75.0 Å². The molecule has 3 aliphatic rings. The number of likely N-dealkylation sites (tertiary alicyclic amines) is 2. The quantitative estimate of drug-likeness (QED) is 0.543. The van der Waals surface area contributed by atoms with Crippen molar-refractivity contribution in [2.24, 2.45) is 5.73 Å². The molecule has 38 heavy (non-hydrogen) atoms. The smallest absolute Gasteiger partial charge is 0.253 e. The molecule has 2 N–H and O–H groups in total. The Hall–Kier alpha value is -2.16. The number of hydrogen-bond donors (Lipinski definition) is 1. The number of piperidine rings is 2. The van der Waals surface area contributed by atoms with E-state index in [4.69, 9.17) is 33.7 Å². The predicted molar refractivity (Wildman–Crippen MR) is 151 cm³/mol. The monoisotopic (exact) mass is 558 g/mol. The van der Waals surface area contributed by atoms with E-state index < -0.39 is 11.1 Å². The number of morpholine rings is 1. The number of hydrogen-bond acceptors (Lipinski definition) is 5. The lowest BCUT2D eigenvalue weighted by Crippen LogP contribution is -2.63. The summed E-state index contributed by atoms with van der Waals surface area (Å²) in [5.74, 6) is -0.267. The minimum atomic E-state index is -0.747. The highest BCUT2D eigenvalue weighted by Crippen LogP contribution is 2.39. The number of para-hydroxylation sites is 1. The fraction of sp³-hybridized carbons (Fsp3) is 0.517. The van der Waals surface area contributed by atoms with Crippen LogP contribution in [0.3, 0.4) is 0 Å². The second-order valence-corrected chi connectivity index (χ2v) is 11.6. The number of anilines is 1. The largest absolute Gasteiger partial charge is 0.368 e. The number of carbonyl (C=O) groups excluding carboxylic acids is 2. The molecule has 0 bridgehead atoms. The van der Waals surface area contributed by atoms with Crippen molar-refractivity contribution in [3.8, 4) is 0 Å². The third-order valence-corrected chi connectivity index (χ3v) is 9.37. The standard InChI is InChI=1S/C29H36Cl2N4O3/c30-24-10-9-22(19-25(24)31)29(21-35(26(36)20-38-29)23-7-3-1-4-8-23)13-18-33-16-11-28(12-17-33,27(32)37)34-14-5-2-6-15-34/h1,3-4,7-10,19H,2,5-6,11-18,20-21H2,(H2,32,37)/t29-/m0/s1. The molecule has 204 valence electrons. The molecular weight excluding hydrogens is 523 g/mol. The summed E-state index contributed by atoms with van der Waals surface area (Å²) >= 11 is 12.7. The van der Waals surface area contributed by atoms with Gasteiger partial charge in [0.2, 0.25) is 5.91 Å². The maximum Gasteiger partial charge on any atom is 0.253 e. The van der Waals surface area contributed by atoms with Crippen molar-refractivity contribution in [1.29, 1.82) is 0 Å². The molecule has 2 aromatic rings. The fourth-order valence-electron chi connectivity index (χ4n) is 6.29. The summed E-state index contributed by atoms with van der Waals surface area (Å²) in [7, 11) is 0. The van der Waals surface area contributed by atoms with Gasteiger partial charge in [-0.15, -0.1) is 0 Å². The van der Waals surface area contributed by atoms with Crippen LogP contribution in [-0.4, -0.2) is 73.0 Å². The average Bonchev–Trinajstić information content (AvgIpc) is 2.95. The zero-order valence-corrected chi connectivity index (χ0v) is 23.2. The zero-order valence-electron chi connectivity index (χ0n) is 21.7. The average molecular weight is 560 g/mol. The molecule has 3 aliphatic heterocycles. The second kappa shape index (κ2) is 11.5. The number of ether oxygens (including phenoxy) is 1. The van der Waals surface area contributed by atoms with E-state index in [-0.39, 0.29) is 18.4 Å². The molecule has 0 spiro atoms. The first kappa shape index (κ1) is 27.4. The van der Waals surface area contributed by atoms with Crippen molar-refractivity contribution in [2.75, 3.05) is 50.8 Å². The van der Waals surface area contributed by atoms with Gasteiger partial charge in [0, 0.05) is 25.3 Å². The van der Waals surface area contributed by atoms with Crippen LogP contribution in [0.4, 0.5) is 5.69 Å². The third kappa shape index (κ3) is 5.45. The van der Waals surface area contributed by atoms with Gasteiger partial charge < -0.3 is 20.3 Å². The van der Waals surface area contributed by atoms with E-state index in [1.165, 1.54) is 6.42 Å². The van der Waals surface area contributed by atoms with Crippen molar-refractivity contribution in [3.63, 3.8) is 0 Å². The van der Waals surface area contributed by atoms with Gasteiger partial charge in [0.1, 0.15) is 17.7 Å². The summed E-state index contributed by atoms with van der Waals surface area (Å²) in [5.41, 5.74) is 6.45. The Balaban J connectivity index is 1.35. The Kier molecular flexibility index (Phi) is 8.31. The van der Waals surface area contributed by atoms with E-state index in [1.807, 2.05) is 42.5 Å². The zero-order chi connectivity index (χ0) is 26.8. The lowest BCUT2D eigenvalue weighted by Gasteiger charge is -2.49. The molecule has 2 aromatic carbocycles. The fourth-order valence-corrected chi connectivity index (χ4v) is 6.58. The number of rotatable bonds is 7. The molecule has 3 fully saturated rings. The van der Waals surface area contributed by atoms with Gasteiger partial charge in [-0.1, -0.05) is 53.9 Å². The van der Waals surface area contributed by atoms with E-state index in [0.29, 0.717) is 23.0 Å². The van der Waals surface area contributed by atoms with E-state index >= 15 is 0 Å². The van der Waals surface area contributed by atoms with Crippen LogP contribution >= 0.6 is 23.2 Å². The first-order chi connectivity index (χ1) is 18.3. The van der Waals surface area contributed by atoms with Crippen LogP contribution in [0.25, 0.3) is 0 Å². The molecule has 5 rings (SSSR count). The van der Waals surface area contributed by atoms with Crippen LogP contribution in [-0.2, 0) is 19.9 Å². The van der Waals surface area contributed by atoms with E-state index in [0.717, 1.165) is 69.7 Å². The van der Waals surface area contributed by atoms with Gasteiger partial charge in [0.05, 0.1) is 16.6 Å². The predicted octanol–water partition coefficient (Wildman–Crippen LogP) is 4.45. The Bertz CT molecular complexity index is 1150. The lowest BCUT2D eigenvalue weighted by atomic mass is 9.82. The Morgan fingerprint density at radius 2 is 1.66 bits per heavy atom. The summed E-state index contributed by atoms with van der Waals surface area (Å²) < 4.78 is 6.37. The SMILES string of the molecule is NC(=O)C1(N2CCCCC2)CCN(CC[C@@]2(c3ccc(Cl)c(Cl)c3)CN(c3ccccc3)C(=O)CO2)CC1. The molecule has 0 saturated carbocycles. The van der Waals surface area contributed by atoms with Gasteiger partial charge >= 0.3 is 0 Å². The minimum absolute atomic E-state index is 0.0190. The molecule has 1 atom stereocenters. The molecule has 7 nitrogen and oxygen atoms in total. The number of carbonyl (C=O) groups is 2. The highest BCUT2D eigenvalue weighted by Gasteiger charge is 2.46. The topological polar surface area (TPSA) is 79.1 Å². The van der Waals surface area contributed by atoms with Crippen LogP contribution in [0.2, 0.25) is 10.0 Å². The third-order valence-electron chi connectivity index (χ3n) is 8.64. The number of halogens is 2. The molecule has 0 unspecified atom stereocenters. The number of amides is 2. The van der Waals surface area contributed by atoms with Gasteiger partial charge in [-0.3, -0.25) is 14.5 Å². The normalized spacial score (nSPS) is 24.9. The highest BCUT2D eigenvalue weighted by atomic mass is 35.5. The van der Waals surface area contributed by atoms with Crippen molar-refractivity contribution < 1.29 is 14.3 Å². The minimum Gasteiger partial charge on any atom is -0.368 e. The maximum atomic E-state index is 12.9. The Labute approximate surface area is 234 Å². The number of benzene rings is 2. The van der Waals surface area contributed by atoms with Gasteiger partial charge in [0.15, 0.2) is 0 Å². The number of nitrogens with two attached hydrogens (primary N) is 1. The van der Waals surface area contributed by atoms with Crippen LogP contribution in [0.5, 0.6) is 0 Å². The van der Waals surface area contributed by atoms with Crippen molar-refractivity contribution in [3.05, 3.63) is 64.1 Å². The highest BCUT2D eigenvalue weighted by molar-refractivity contribution is 6.42. The molecule has 2 amide bonds. The summed E-state index contributed by atoms with van der Waals surface area (Å²) in [6.45, 7) is 4.58. The van der Waals surface area contributed by atoms with Crippen LogP contribution in [0, 0.1) is 0 Å². The van der Waals surface area contributed by atoms with Crippen molar-refractivity contribution >= 4 is 40.7 Å². The molecule has 0 aromatic heterocycles. The molecule has 3 heterocycles. The maximum absolute atomic E-state index is 12.9. The van der Waals surface area contributed by atoms with Crippen molar-refractivity contribution in [1.82, 2.24) is 9.80 Å². The second-order valence-electron chi connectivity index (χ2n) is 10.8. The summed E-state index contributed by atoms with van der Waals surface area (Å²) in [6, 6.07) is 15.3. The van der Waals surface area contributed by atoms with Crippen LogP contribution in [0.1, 0.15) is 44.1 Å². The molecule has 0 aliphatic carbocycles. The number of nitrogens with zero attached hydrogens (tertiary/aromatic N) is 3. The molecular formula is C29H36Cl2N4O3. The number of primary amides is 1. The molecule has 9 heteroatoms. The Morgan fingerprint density at radius 1 is 0.947 bits per heavy atom. The van der Waals surface area contributed by atoms with Crippen LogP contribution < -0.4 is 10.6 Å². The van der Waals surface area contributed by atoms with Gasteiger partial charge in [-0.25, -0.2) is 0 Å². The summed E-state index contributed by atoms with van der Waals surface area (Å²) in [4.78, 5) is 32.1. The molecule has 0 radical (unpaired) electrons. The first-order valence-corrected chi connectivity index (χ1v) is 14.3. The van der Waals surface area contributed by atoms with Gasteiger partial charge in [0.25, 0.3) is 5.91 Å². The summed E-state index contributed by atoms with van der Waals surface area (Å²) in [6.07, 6.45) is 5.60. The van der Waals surface area contributed by atoms with Gasteiger partial charge in [-0.2, -0.15) is 0 Å². The van der Waals surface area contributed by atoms with E-state index in [2.05, 4.69) is 9.80 Å². The Morgan fingerprint density at radius 3 is 2.32 bits per heavy atom. The lowest BCUT2D eigenvalue weighted by molar-refractivity contribution is -0.142. The molecule has 3 saturated heterocycles. The summed E-state index contributed by atoms with van der Waals surface area (Å²) in [5, 5.41) is 0.940.